The summed E-state index contributed by atoms with van der Waals surface area (Å²) in [5.74, 6) is 0.234. The molecule has 0 saturated carbocycles. The molecule has 0 radical (unpaired) electrons. The highest BCUT2D eigenvalue weighted by atomic mass is 32.2. The molecule has 2 aromatic carbocycles. The number of hydrogen-bond acceptors (Lipinski definition) is 5. The van der Waals surface area contributed by atoms with Crippen molar-refractivity contribution in [1.29, 1.82) is 0 Å². The smallest absolute Gasteiger partial charge is 0.256 e. The molecule has 134 valence electrons. The van der Waals surface area contributed by atoms with Crippen molar-refractivity contribution in [2.75, 3.05) is 5.32 Å². The first-order valence-corrected chi connectivity index (χ1v) is 9.79. The third kappa shape index (κ3) is 2.77. The summed E-state index contributed by atoms with van der Waals surface area (Å²) in [6, 6.07) is 9.92. The lowest BCUT2D eigenvalue weighted by Gasteiger charge is -2.09. The Morgan fingerprint density at radius 3 is 2.88 bits per heavy atom. The van der Waals surface area contributed by atoms with E-state index in [0.717, 1.165) is 18.5 Å². The average molecular weight is 371 g/mol. The molecule has 0 atom stereocenters. The summed E-state index contributed by atoms with van der Waals surface area (Å²) in [5, 5.41) is 7.80. The van der Waals surface area contributed by atoms with Crippen LogP contribution in [-0.4, -0.2) is 19.5 Å². The first kappa shape index (κ1) is 16.7. The molecule has 1 aliphatic rings. The molecule has 1 amide bonds. The number of rotatable bonds is 6. The molecular weight excluding hydrogens is 354 g/mol. The summed E-state index contributed by atoms with van der Waals surface area (Å²) >= 11 is 0. The van der Waals surface area contributed by atoms with Crippen molar-refractivity contribution in [1.82, 2.24) is 9.88 Å². The van der Waals surface area contributed by atoms with Gasteiger partial charge >= 0.3 is 0 Å². The topological polar surface area (TPSA) is 101 Å². The lowest BCUT2D eigenvalue weighted by Crippen LogP contribution is -2.23. The largest absolute Gasteiger partial charge is 0.360 e. The van der Waals surface area contributed by atoms with E-state index in [9.17, 15) is 13.2 Å². The van der Waals surface area contributed by atoms with Gasteiger partial charge in [-0.25, -0.2) is 13.1 Å². The zero-order valence-corrected chi connectivity index (χ0v) is 14.9. The summed E-state index contributed by atoms with van der Waals surface area (Å²) in [6.07, 6.45) is 1.72. The minimum absolute atomic E-state index is 0.0131. The molecular formula is C18H17N3O4S. The van der Waals surface area contributed by atoms with Gasteiger partial charge < -0.3 is 9.84 Å². The van der Waals surface area contributed by atoms with Crippen LogP contribution in [0.4, 0.5) is 5.69 Å². The van der Waals surface area contributed by atoms with Gasteiger partial charge in [0.05, 0.1) is 17.1 Å². The second-order valence-corrected chi connectivity index (χ2v) is 7.89. The maximum atomic E-state index is 12.8. The Balaban J connectivity index is 1.66. The average Bonchev–Trinajstić information content (AvgIpc) is 3.20. The number of nitrogens with zero attached hydrogens (tertiary/aromatic N) is 1. The third-order valence-corrected chi connectivity index (χ3v) is 5.79. The predicted molar refractivity (Wildman–Crippen MR) is 96.4 cm³/mol. The fourth-order valence-electron chi connectivity index (χ4n) is 3.15. The number of sulfonamides is 1. The third-order valence-electron chi connectivity index (χ3n) is 4.33. The van der Waals surface area contributed by atoms with Gasteiger partial charge in [-0.15, -0.1) is 0 Å². The molecule has 4 rings (SSSR count). The Bertz CT molecular complexity index is 1120. The first-order chi connectivity index (χ1) is 12.5. The van der Waals surface area contributed by atoms with E-state index in [4.69, 9.17) is 4.52 Å². The minimum Gasteiger partial charge on any atom is -0.360 e. The van der Waals surface area contributed by atoms with Crippen molar-refractivity contribution in [3.8, 4) is 0 Å². The maximum Gasteiger partial charge on any atom is 0.256 e. The van der Waals surface area contributed by atoms with Crippen LogP contribution in [0.3, 0.4) is 0 Å². The van der Waals surface area contributed by atoms with Gasteiger partial charge in [-0.1, -0.05) is 30.6 Å². The van der Waals surface area contributed by atoms with E-state index in [1.54, 1.807) is 30.3 Å². The van der Waals surface area contributed by atoms with Gasteiger partial charge in [0.15, 0.2) is 5.76 Å². The van der Waals surface area contributed by atoms with Gasteiger partial charge in [-0.3, -0.25) is 4.79 Å². The van der Waals surface area contributed by atoms with Crippen molar-refractivity contribution in [3.63, 3.8) is 0 Å². The number of aromatic nitrogens is 1. The van der Waals surface area contributed by atoms with Crippen LogP contribution in [0.15, 0.2) is 45.8 Å². The van der Waals surface area contributed by atoms with Crippen molar-refractivity contribution in [2.45, 2.75) is 31.2 Å². The van der Waals surface area contributed by atoms with Crippen LogP contribution >= 0.6 is 0 Å². The highest BCUT2D eigenvalue weighted by Crippen LogP contribution is 2.36. The molecule has 26 heavy (non-hydrogen) atoms. The van der Waals surface area contributed by atoms with Crippen LogP contribution in [-0.2, 0) is 23.0 Å². The number of carbonyl (C=O) groups excluding carboxylic acids is 1. The fraction of sp³-hybridized carbons (Fsp3) is 0.222. The Kier molecular flexibility index (Phi) is 4.01. The fourth-order valence-corrected chi connectivity index (χ4v) is 4.35. The van der Waals surface area contributed by atoms with Crippen LogP contribution in [0.5, 0.6) is 0 Å². The van der Waals surface area contributed by atoms with Gasteiger partial charge in [-0.05, 0) is 24.6 Å². The zero-order chi connectivity index (χ0) is 18.3. The standard InChI is InChI=1S/C18H17N3O4S/c1-2-4-11-9-12(25-21-11)10-19-26(23,24)16-8-7-15-17-13(16)5-3-6-14(17)18(22)20-15/h3,5-9,19H,2,4,10H2,1H3,(H,20,22). The van der Waals surface area contributed by atoms with Gasteiger partial charge in [0, 0.05) is 28.1 Å². The van der Waals surface area contributed by atoms with E-state index in [-0.39, 0.29) is 17.3 Å². The molecule has 0 saturated heterocycles. The lowest BCUT2D eigenvalue weighted by molar-refractivity contribution is 0.103. The molecule has 2 heterocycles. The molecule has 0 bridgehead atoms. The van der Waals surface area contributed by atoms with E-state index < -0.39 is 10.0 Å². The van der Waals surface area contributed by atoms with Crippen LogP contribution < -0.4 is 10.0 Å². The number of amides is 1. The number of nitrogens with one attached hydrogen (secondary N) is 2. The van der Waals surface area contributed by atoms with Crippen LogP contribution in [0, 0.1) is 0 Å². The Labute approximate surface area is 150 Å². The summed E-state index contributed by atoms with van der Waals surface area (Å²) in [6.45, 7) is 2.05. The van der Waals surface area contributed by atoms with Crippen molar-refractivity contribution in [2.24, 2.45) is 0 Å². The van der Waals surface area contributed by atoms with Crippen LogP contribution in [0.25, 0.3) is 10.8 Å². The number of benzene rings is 2. The highest BCUT2D eigenvalue weighted by Gasteiger charge is 2.26. The molecule has 1 aromatic heterocycles. The number of anilines is 1. The molecule has 0 fully saturated rings. The molecule has 7 nitrogen and oxygen atoms in total. The van der Waals surface area contributed by atoms with Crippen molar-refractivity contribution in [3.05, 3.63) is 53.4 Å². The molecule has 8 heteroatoms. The molecule has 0 unspecified atom stereocenters. The molecule has 0 spiro atoms. The Hall–Kier alpha value is -2.71. The molecule has 2 N–H and O–H groups in total. The van der Waals surface area contributed by atoms with Gasteiger partial charge in [0.1, 0.15) is 0 Å². The normalized spacial score (nSPS) is 13.3. The van der Waals surface area contributed by atoms with E-state index in [1.807, 2.05) is 6.92 Å². The zero-order valence-electron chi connectivity index (χ0n) is 14.1. The van der Waals surface area contributed by atoms with E-state index in [0.29, 0.717) is 27.8 Å². The van der Waals surface area contributed by atoms with Crippen molar-refractivity contribution < 1.29 is 17.7 Å². The number of hydrogen-bond donors (Lipinski definition) is 2. The van der Waals surface area contributed by atoms with E-state index in [1.165, 1.54) is 6.07 Å². The number of aryl methyl sites for hydroxylation is 1. The summed E-state index contributed by atoms with van der Waals surface area (Å²) in [4.78, 5) is 12.1. The van der Waals surface area contributed by atoms with Gasteiger partial charge in [0.2, 0.25) is 10.0 Å². The maximum absolute atomic E-state index is 12.8. The van der Waals surface area contributed by atoms with Gasteiger partial charge in [-0.2, -0.15) is 0 Å². The van der Waals surface area contributed by atoms with Crippen LogP contribution in [0.1, 0.15) is 35.2 Å². The second-order valence-electron chi connectivity index (χ2n) is 6.15. The minimum atomic E-state index is -3.79. The van der Waals surface area contributed by atoms with Crippen molar-refractivity contribution >= 4 is 32.4 Å². The molecule has 0 aliphatic carbocycles. The first-order valence-electron chi connectivity index (χ1n) is 8.31. The Morgan fingerprint density at radius 2 is 2.08 bits per heavy atom. The molecule has 1 aliphatic heterocycles. The summed E-state index contributed by atoms with van der Waals surface area (Å²) in [5.41, 5.74) is 1.91. The molecule has 3 aromatic rings. The Morgan fingerprint density at radius 1 is 1.23 bits per heavy atom. The summed E-state index contributed by atoms with van der Waals surface area (Å²) in [7, 11) is -3.79. The highest BCUT2D eigenvalue weighted by molar-refractivity contribution is 7.89. The quantitative estimate of drug-likeness (QED) is 0.694. The monoisotopic (exact) mass is 371 g/mol. The number of carbonyl (C=O) groups is 1. The summed E-state index contributed by atoms with van der Waals surface area (Å²) < 4.78 is 33.3. The SMILES string of the molecule is CCCc1cc(CNS(=O)(=O)c2ccc3c4c(cccc24)C(=O)N3)on1. The van der Waals surface area contributed by atoms with Gasteiger partial charge in [0.25, 0.3) is 5.91 Å². The van der Waals surface area contributed by atoms with Crippen LogP contribution in [0.2, 0.25) is 0 Å². The lowest BCUT2D eigenvalue weighted by atomic mass is 10.1. The van der Waals surface area contributed by atoms with E-state index in [2.05, 4.69) is 15.2 Å². The predicted octanol–water partition coefficient (Wildman–Crippen LogP) is 2.82. The second kappa shape index (κ2) is 6.22. The van der Waals surface area contributed by atoms with E-state index >= 15 is 0 Å².